The molecule has 8 rings (SSSR count). The number of carbonyl (C=O) groups is 1. The molecule has 218 valence electrons. The van der Waals surface area contributed by atoms with Gasteiger partial charge in [-0.15, -0.1) is 0 Å². The summed E-state index contributed by atoms with van der Waals surface area (Å²) < 4.78 is 25.8. The summed E-state index contributed by atoms with van der Waals surface area (Å²) in [7, 11) is 0. The Balaban J connectivity index is 1.06. The molecule has 3 fully saturated rings. The monoisotopic (exact) mass is 580 g/mol. The molecule has 1 aromatic carbocycles. The van der Waals surface area contributed by atoms with Gasteiger partial charge in [0.25, 0.3) is 5.91 Å². The third-order valence-corrected chi connectivity index (χ3v) is 8.68. The standard InChI is InChI=1S/C31H29FN8O3/c1-16-4-5-20(27-37-29(43-38-27)21-10-23(21)32)8-24(16)36-28(41)22-11-33-40-7-6-19(9-25(22)40)26-17(2)34-30(35-18(26)3)39-12-31(13-39)14-42-15-31/h4-9,11,21,23H,10,12-15H2,1-3H3,(H,36,41)/t21-,23-/m0/s1. The maximum atomic E-state index is 13.6. The molecule has 2 aliphatic heterocycles. The van der Waals surface area contributed by atoms with Crippen molar-refractivity contribution in [1.82, 2.24) is 29.7 Å². The number of nitrogens with zero attached hydrogens (tertiary/aromatic N) is 7. The van der Waals surface area contributed by atoms with Crippen LogP contribution in [0.2, 0.25) is 0 Å². The van der Waals surface area contributed by atoms with Crippen LogP contribution in [0.15, 0.2) is 47.2 Å². The van der Waals surface area contributed by atoms with Gasteiger partial charge in [0.1, 0.15) is 6.17 Å². The first kappa shape index (κ1) is 26.0. The van der Waals surface area contributed by atoms with Gasteiger partial charge in [0, 0.05) is 36.1 Å². The van der Waals surface area contributed by atoms with E-state index in [1.54, 1.807) is 16.8 Å². The van der Waals surface area contributed by atoms with Gasteiger partial charge in [-0.1, -0.05) is 17.3 Å². The second-order valence-corrected chi connectivity index (χ2v) is 12.0. The molecule has 1 amide bonds. The van der Waals surface area contributed by atoms with Gasteiger partial charge in [0.2, 0.25) is 17.7 Å². The second kappa shape index (κ2) is 9.40. The van der Waals surface area contributed by atoms with E-state index in [0.717, 1.165) is 60.3 Å². The van der Waals surface area contributed by atoms with Gasteiger partial charge in [-0.25, -0.2) is 18.9 Å². The summed E-state index contributed by atoms with van der Waals surface area (Å²) >= 11 is 0. The fourth-order valence-corrected chi connectivity index (χ4v) is 6.06. The van der Waals surface area contributed by atoms with E-state index in [2.05, 4.69) is 25.5 Å². The van der Waals surface area contributed by atoms with E-state index in [0.29, 0.717) is 40.5 Å². The average Bonchev–Trinajstić information content (AvgIpc) is 3.30. The summed E-state index contributed by atoms with van der Waals surface area (Å²) in [6.07, 6.45) is 2.88. The molecule has 0 unspecified atom stereocenters. The van der Waals surface area contributed by atoms with E-state index in [9.17, 15) is 9.18 Å². The third kappa shape index (κ3) is 4.35. The molecule has 4 aromatic heterocycles. The first-order chi connectivity index (χ1) is 20.8. The smallest absolute Gasteiger partial charge is 0.259 e. The highest BCUT2D eigenvalue weighted by atomic mass is 19.1. The number of fused-ring (bicyclic) bond motifs is 1. The van der Waals surface area contributed by atoms with E-state index in [1.165, 1.54) is 0 Å². The van der Waals surface area contributed by atoms with Crippen molar-refractivity contribution in [1.29, 1.82) is 0 Å². The zero-order valence-corrected chi connectivity index (χ0v) is 24.0. The number of pyridine rings is 1. The van der Waals surface area contributed by atoms with Crippen molar-refractivity contribution >= 4 is 23.1 Å². The maximum absolute atomic E-state index is 13.6. The Morgan fingerprint density at radius 2 is 1.81 bits per heavy atom. The van der Waals surface area contributed by atoms with Crippen LogP contribution >= 0.6 is 0 Å². The summed E-state index contributed by atoms with van der Waals surface area (Å²) in [6.45, 7) is 9.36. The van der Waals surface area contributed by atoms with Crippen LogP contribution in [-0.4, -0.2) is 68.1 Å². The summed E-state index contributed by atoms with van der Waals surface area (Å²) in [5.74, 6) is 0.787. The number of rotatable bonds is 6. The van der Waals surface area contributed by atoms with Gasteiger partial charge in [-0.05, 0) is 56.5 Å². The first-order valence-corrected chi connectivity index (χ1v) is 14.3. The van der Waals surface area contributed by atoms with Crippen molar-refractivity contribution in [3.63, 3.8) is 0 Å². The quantitative estimate of drug-likeness (QED) is 0.305. The van der Waals surface area contributed by atoms with Crippen molar-refractivity contribution in [3.8, 4) is 22.5 Å². The molecule has 12 heteroatoms. The highest BCUT2D eigenvalue weighted by molar-refractivity contribution is 6.09. The van der Waals surface area contributed by atoms with E-state index in [-0.39, 0.29) is 17.2 Å². The lowest BCUT2D eigenvalue weighted by Gasteiger charge is -2.55. The molecule has 0 radical (unpaired) electrons. The number of anilines is 2. The van der Waals surface area contributed by atoms with Crippen LogP contribution < -0.4 is 10.2 Å². The van der Waals surface area contributed by atoms with E-state index in [1.807, 2.05) is 51.2 Å². The molecule has 0 bridgehead atoms. The van der Waals surface area contributed by atoms with Crippen LogP contribution in [0.3, 0.4) is 0 Å². The Labute approximate surface area is 246 Å². The van der Waals surface area contributed by atoms with E-state index >= 15 is 0 Å². The third-order valence-electron chi connectivity index (χ3n) is 8.68. The van der Waals surface area contributed by atoms with E-state index in [4.69, 9.17) is 19.2 Å². The number of aryl methyl sites for hydroxylation is 3. The second-order valence-electron chi connectivity index (χ2n) is 12.0. The van der Waals surface area contributed by atoms with Crippen molar-refractivity contribution < 1.29 is 18.4 Å². The summed E-state index contributed by atoms with van der Waals surface area (Å²) in [4.78, 5) is 29.8. The van der Waals surface area contributed by atoms with Gasteiger partial charge in [0.05, 0.1) is 53.2 Å². The number of benzene rings is 1. The molecule has 3 aliphatic rings. The lowest BCUT2D eigenvalue weighted by Crippen LogP contribution is -2.66. The van der Waals surface area contributed by atoms with Crippen molar-refractivity contribution in [3.05, 3.63) is 71.1 Å². The lowest BCUT2D eigenvalue weighted by molar-refractivity contribution is -0.127. The molecular weight excluding hydrogens is 551 g/mol. The number of amides is 1. The SMILES string of the molecule is Cc1ccc(-c2noc([C@H]3C[C@@H]3F)n2)cc1NC(=O)c1cnn2ccc(-c3c(C)nc(N4CC5(COC5)C4)nc3C)cc12. The van der Waals surface area contributed by atoms with Crippen LogP contribution in [0.4, 0.5) is 16.0 Å². The summed E-state index contributed by atoms with van der Waals surface area (Å²) in [5.41, 5.74) is 7.11. The van der Waals surface area contributed by atoms with Crippen molar-refractivity contribution in [2.24, 2.45) is 5.41 Å². The van der Waals surface area contributed by atoms with Gasteiger partial charge in [-0.2, -0.15) is 10.1 Å². The van der Waals surface area contributed by atoms with E-state index < -0.39 is 6.17 Å². The molecule has 2 atom stereocenters. The Morgan fingerprint density at radius 3 is 2.51 bits per heavy atom. The predicted molar refractivity (Wildman–Crippen MR) is 156 cm³/mol. The number of carbonyl (C=O) groups excluding carboxylic acids is 1. The van der Waals surface area contributed by atoms with Gasteiger partial charge >= 0.3 is 0 Å². The number of hydrogen-bond acceptors (Lipinski definition) is 9. The molecule has 5 aromatic rings. The summed E-state index contributed by atoms with van der Waals surface area (Å²) in [6, 6.07) is 9.43. The minimum atomic E-state index is -0.923. The lowest BCUT2D eigenvalue weighted by atomic mass is 9.78. The zero-order valence-electron chi connectivity index (χ0n) is 24.0. The molecule has 1 aliphatic carbocycles. The predicted octanol–water partition coefficient (Wildman–Crippen LogP) is 4.68. The summed E-state index contributed by atoms with van der Waals surface area (Å²) in [5, 5.41) is 11.4. The number of aromatic nitrogens is 6. The number of alkyl halides is 1. The molecule has 6 heterocycles. The number of nitrogens with one attached hydrogen (secondary N) is 1. The molecule has 1 saturated carbocycles. The average molecular weight is 581 g/mol. The van der Waals surface area contributed by atoms with Crippen LogP contribution in [-0.2, 0) is 4.74 Å². The zero-order chi connectivity index (χ0) is 29.5. The molecule has 43 heavy (non-hydrogen) atoms. The number of ether oxygens (including phenoxy) is 1. The van der Waals surface area contributed by atoms with Gasteiger partial charge < -0.3 is 19.5 Å². The van der Waals surface area contributed by atoms with Crippen LogP contribution in [0.1, 0.15) is 45.5 Å². The minimum Gasteiger partial charge on any atom is -0.380 e. The van der Waals surface area contributed by atoms with Gasteiger partial charge in [-0.3, -0.25) is 4.79 Å². The first-order valence-electron chi connectivity index (χ1n) is 14.3. The largest absolute Gasteiger partial charge is 0.380 e. The minimum absolute atomic E-state index is 0.278. The molecule has 11 nitrogen and oxygen atoms in total. The maximum Gasteiger partial charge on any atom is 0.259 e. The van der Waals surface area contributed by atoms with Crippen molar-refractivity contribution in [2.75, 3.05) is 36.5 Å². The topological polar surface area (TPSA) is 124 Å². The Bertz CT molecular complexity index is 1900. The van der Waals surface area contributed by atoms with Crippen LogP contribution in [0.25, 0.3) is 28.0 Å². The molecule has 2 saturated heterocycles. The Kier molecular flexibility index (Phi) is 5.67. The van der Waals surface area contributed by atoms with Crippen molar-refractivity contribution in [2.45, 2.75) is 39.3 Å². The fraction of sp³-hybridized carbons (Fsp3) is 0.355. The molecular formula is C31H29FN8O3. The highest BCUT2D eigenvalue weighted by Gasteiger charge is 2.50. The van der Waals surface area contributed by atoms with Gasteiger partial charge in [0.15, 0.2) is 0 Å². The normalized spacial score (nSPS) is 20.2. The highest BCUT2D eigenvalue weighted by Crippen LogP contribution is 2.43. The van der Waals surface area contributed by atoms with Crippen LogP contribution in [0, 0.1) is 26.2 Å². The fourth-order valence-electron chi connectivity index (χ4n) is 6.06. The van der Waals surface area contributed by atoms with Crippen LogP contribution in [0.5, 0.6) is 0 Å². The number of hydrogen-bond donors (Lipinski definition) is 1. The molecule has 1 N–H and O–H groups in total. The Morgan fingerprint density at radius 1 is 1.05 bits per heavy atom. The Hall–Kier alpha value is -4.71. The molecule has 1 spiro atoms. The number of halogens is 1.